The van der Waals surface area contributed by atoms with Crippen LogP contribution in [0.4, 0.5) is 0 Å². The number of hydrogen-bond donors (Lipinski definition) is 1. The molecule has 8 heteroatoms. The van der Waals surface area contributed by atoms with Crippen molar-refractivity contribution in [1.82, 2.24) is 14.3 Å². The number of carbonyl (C=O) groups excluding carboxylic acids is 1. The maximum absolute atomic E-state index is 13.0. The minimum Gasteiger partial charge on any atom is -0.354 e. The summed E-state index contributed by atoms with van der Waals surface area (Å²) in [5.74, 6) is -0.543. The van der Waals surface area contributed by atoms with E-state index in [4.69, 9.17) is 11.6 Å². The molecule has 0 spiro atoms. The molecule has 0 aliphatic rings. The van der Waals surface area contributed by atoms with E-state index in [9.17, 15) is 13.2 Å². The van der Waals surface area contributed by atoms with Gasteiger partial charge in [-0.15, -0.1) is 0 Å². The summed E-state index contributed by atoms with van der Waals surface area (Å²) in [6.45, 7) is 0. The molecule has 2 aromatic heterocycles. The minimum atomic E-state index is -3.99. The van der Waals surface area contributed by atoms with Crippen LogP contribution in [0.3, 0.4) is 0 Å². The first kappa shape index (κ1) is 15.5. The standard InChI is InChI=1S/C15H12ClN3O3S/c1-17-15(20)13-9-11-12(16)7-8-18-14(11)19(13)23(21,22)10-5-3-2-4-6-10/h2-9H,1H3,(H,17,20). The Labute approximate surface area is 137 Å². The van der Waals surface area contributed by atoms with Gasteiger partial charge in [-0.3, -0.25) is 4.79 Å². The van der Waals surface area contributed by atoms with Gasteiger partial charge in [0.1, 0.15) is 5.69 Å². The molecule has 23 heavy (non-hydrogen) atoms. The molecule has 0 bridgehead atoms. The molecule has 3 rings (SSSR count). The lowest BCUT2D eigenvalue weighted by atomic mass is 10.3. The molecule has 0 saturated heterocycles. The summed E-state index contributed by atoms with van der Waals surface area (Å²) in [4.78, 5) is 16.3. The van der Waals surface area contributed by atoms with Crippen LogP contribution < -0.4 is 5.32 Å². The molecule has 0 aliphatic heterocycles. The number of hydrogen-bond acceptors (Lipinski definition) is 4. The number of rotatable bonds is 3. The molecule has 0 atom stereocenters. The van der Waals surface area contributed by atoms with Crippen LogP contribution in [0.5, 0.6) is 0 Å². The van der Waals surface area contributed by atoms with Crippen molar-refractivity contribution in [2.24, 2.45) is 0 Å². The number of halogens is 1. The van der Waals surface area contributed by atoms with E-state index in [-0.39, 0.29) is 16.2 Å². The molecular weight excluding hydrogens is 338 g/mol. The highest BCUT2D eigenvalue weighted by atomic mass is 35.5. The first-order valence-electron chi connectivity index (χ1n) is 6.65. The number of benzene rings is 1. The Morgan fingerprint density at radius 1 is 1.22 bits per heavy atom. The van der Waals surface area contributed by atoms with Gasteiger partial charge in [0.2, 0.25) is 0 Å². The van der Waals surface area contributed by atoms with Crippen molar-refractivity contribution in [3.63, 3.8) is 0 Å². The summed E-state index contributed by atoms with van der Waals surface area (Å²) in [7, 11) is -2.56. The number of fused-ring (bicyclic) bond motifs is 1. The summed E-state index contributed by atoms with van der Waals surface area (Å²) >= 11 is 6.11. The zero-order chi connectivity index (χ0) is 16.6. The first-order valence-corrected chi connectivity index (χ1v) is 8.47. The predicted octanol–water partition coefficient (Wildman–Crippen LogP) is 2.29. The molecule has 1 aromatic carbocycles. The van der Waals surface area contributed by atoms with Crippen molar-refractivity contribution in [1.29, 1.82) is 0 Å². The van der Waals surface area contributed by atoms with E-state index in [2.05, 4.69) is 10.3 Å². The van der Waals surface area contributed by atoms with Gasteiger partial charge in [-0.05, 0) is 24.3 Å². The SMILES string of the molecule is CNC(=O)c1cc2c(Cl)ccnc2n1S(=O)(=O)c1ccccc1. The maximum atomic E-state index is 13.0. The average molecular weight is 350 g/mol. The van der Waals surface area contributed by atoms with E-state index in [1.165, 1.54) is 37.5 Å². The smallest absolute Gasteiger partial charge is 0.270 e. The second-order valence-corrected chi connectivity index (χ2v) is 6.92. The van der Waals surface area contributed by atoms with Crippen LogP contribution in [0.1, 0.15) is 10.5 Å². The lowest BCUT2D eigenvalue weighted by molar-refractivity contribution is 0.0957. The van der Waals surface area contributed by atoms with Crippen LogP contribution in [0, 0.1) is 0 Å². The third-order valence-electron chi connectivity index (χ3n) is 3.35. The summed E-state index contributed by atoms with van der Waals surface area (Å²) in [5, 5.41) is 3.15. The van der Waals surface area contributed by atoms with Crippen molar-refractivity contribution in [2.45, 2.75) is 4.90 Å². The zero-order valence-corrected chi connectivity index (χ0v) is 13.6. The van der Waals surface area contributed by atoms with Crippen LogP contribution in [0.2, 0.25) is 5.02 Å². The molecule has 2 heterocycles. The monoisotopic (exact) mass is 349 g/mol. The number of carbonyl (C=O) groups is 1. The van der Waals surface area contributed by atoms with Crippen molar-refractivity contribution in [3.8, 4) is 0 Å². The highest BCUT2D eigenvalue weighted by Gasteiger charge is 2.27. The van der Waals surface area contributed by atoms with Crippen molar-refractivity contribution >= 4 is 38.6 Å². The Hall–Kier alpha value is -2.38. The van der Waals surface area contributed by atoms with Gasteiger partial charge in [-0.25, -0.2) is 17.4 Å². The predicted molar refractivity (Wildman–Crippen MR) is 87.2 cm³/mol. The maximum Gasteiger partial charge on any atom is 0.270 e. The molecule has 118 valence electrons. The second-order valence-electron chi connectivity index (χ2n) is 4.72. The second kappa shape index (κ2) is 5.68. The van der Waals surface area contributed by atoms with Crippen LogP contribution in [0.15, 0.2) is 53.6 Å². The fourth-order valence-electron chi connectivity index (χ4n) is 2.27. The molecule has 0 aliphatic carbocycles. The van der Waals surface area contributed by atoms with E-state index in [0.29, 0.717) is 10.4 Å². The highest BCUT2D eigenvalue weighted by molar-refractivity contribution is 7.90. The van der Waals surface area contributed by atoms with Crippen LogP contribution in [-0.4, -0.2) is 30.3 Å². The molecule has 0 fully saturated rings. The fraction of sp³-hybridized carbons (Fsp3) is 0.0667. The minimum absolute atomic E-state index is 0.0491. The number of nitrogens with zero attached hydrogens (tertiary/aromatic N) is 2. The number of amides is 1. The molecule has 1 amide bonds. The van der Waals surface area contributed by atoms with Crippen LogP contribution >= 0.6 is 11.6 Å². The Bertz CT molecular complexity index is 997. The molecule has 0 radical (unpaired) electrons. The lowest BCUT2D eigenvalue weighted by Gasteiger charge is -2.10. The van der Waals surface area contributed by atoms with Gasteiger partial charge < -0.3 is 5.32 Å². The quantitative estimate of drug-likeness (QED) is 0.786. The molecule has 0 saturated carbocycles. The summed E-state index contributed by atoms with van der Waals surface area (Å²) in [6, 6.07) is 10.8. The summed E-state index contributed by atoms with van der Waals surface area (Å²) < 4.78 is 26.8. The normalized spacial score (nSPS) is 11.6. The molecular formula is C15H12ClN3O3S. The Balaban J connectivity index is 2.40. The van der Waals surface area contributed by atoms with Crippen molar-refractivity contribution < 1.29 is 13.2 Å². The van der Waals surface area contributed by atoms with Crippen LogP contribution in [0.25, 0.3) is 11.0 Å². The van der Waals surface area contributed by atoms with E-state index >= 15 is 0 Å². The van der Waals surface area contributed by atoms with Gasteiger partial charge >= 0.3 is 0 Å². The molecule has 3 aromatic rings. The molecule has 6 nitrogen and oxygen atoms in total. The topological polar surface area (TPSA) is 81.1 Å². The van der Waals surface area contributed by atoms with Crippen molar-refractivity contribution in [3.05, 3.63) is 59.4 Å². The van der Waals surface area contributed by atoms with Gasteiger partial charge in [0.15, 0.2) is 5.65 Å². The fourth-order valence-corrected chi connectivity index (χ4v) is 3.95. The number of nitrogens with one attached hydrogen (secondary N) is 1. The number of aromatic nitrogens is 2. The largest absolute Gasteiger partial charge is 0.354 e. The zero-order valence-electron chi connectivity index (χ0n) is 12.0. The first-order chi connectivity index (χ1) is 11.0. The van der Waals surface area contributed by atoms with E-state index in [1.807, 2.05) is 0 Å². The van der Waals surface area contributed by atoms with Gasteiger partial charge in [0.05, 0.1) is 9.92 Å². The Morgan fingerprint density at radius 3 is 2.57 bits per heavy atom. The van der Waals surface area contributed by atoms with E-state index in [1.54, 1.807) is 18.2 Å². The summed E-state index contributed by atoms with van der Waals surface area (Å²) in [5.41, 5.74) is 0.0620. The third kappa shape index (κ3) is 2.47. The van der Waals surface area contributed by atoms with E-state index < -0.39 is 15.9 Å². The van der Waals surface area contributed by atoms with Gasteiger partial charge in [-0.1, -0.05) is 29.8 Å². The Kier molecular flexibility index (Phi) is 3.83. The van der Waals surface area contributed by atoms with Gasteiger partial charge in [0, 0.05) is 18.6 Å². The lowest BCUT2D eigenvalue weighted by Crippen LogP contribution is -2.25. The van der Waals surface area contributed by atoms with Gasteiger partial charge in [0.25, 0.3) is 15.9 Å². The van der Waals surface area contributed by atoms with E-state index in [0.717, 1.165) is 3.97 Å². The average Bonchev–Trinajstić information content (AvgIpc) is 2.96. The van der Waals surface area contributed by atoms with Crippen molar-refractivity contribution in [2.75, 3.05) is 7.05 Å². The summed E-state index contributed by atoms with van der Waals surface area (Å²) in [6.07, 6.45) is 1.40. The highest BCUT2D eigenvalue weighted by Crippen LogP contribution is 2.28. The van der Waals surface area contributed by atoms with Crippen LogP contribution in [-0.2, 0) is 10.0 Å². The number of pyridine rings is 1. The molecule has 1 N–H and O–H groups in total. The van der Waals surface area contributed by atoms with Gasteiger partial charge in [-0.2, -0.15) is 0 Å². The molecule has 0 unspecified atom stereocenters. The Morgan fingerprint density at radius 2 is 1.91 bits per heavy atom. The third-order valence-corrected chi connectivity index (χ3v) is 5.40.